The van der Waals surface area contributed by atoms with E-state index in [1.807, 2.05) is 26.0 Å². The van der Waals surface area contributed by atoms with Gasteiger partial charge < -0.3 is 35.8 Å². The lowest BCUT2D eigenvalue weighted by molar-refractivity contribution is -0.385. The van der Waals surface area contributed by atoms with Gasteiger partial charge in [-0.2, -0.15) is 14.8 Å². The Bertz CT molecular complexity index is 3840. The Labute approximate surface area is 545 Å². The summed E-state index contributed by atoms with van der Waals surface area (Å²) >= 11 is 19.6. The normalized spacial score (nSPS) is 12.6. The molecule has 0 bridgehead atoms. The molecule has 0 aliphatic carbocycles. The number of tetrazole rings is 1. The van der Waals surface area contributed by atoms with Crippen LogP contribution in [-0.2, 0) is 24.6 Å². The van der Waals surface area contributed by atoms with Crippen molar-refractivity contribution >= 4 is 116 Å². The maximum atomic E-state index is 13.3. The molecule has 6 aromatic carbocycles. The Hall–Kier alpha value is -8.90. The van der Waals surface area contributed by atoms with Crippen molar-refractivity contribution in [3.8, 4) is 17.2 Å². The van der Waals surface area contributed by atoms with Crippen LogP contribution in [0.3, 0.4) is 0 Å². The standard InChI is InChI=1S/C33H37N7O7S.C32H33Cl3N4O4/c1-4-5-6-7-8-9-13-30(41)34-24-11-10-12-25(19-24)39-33(36-37-38-39)48-29-20-27(28(40(45)46)18-21(29)2)31(42)35-23-14-16-26(17-15-23)47-22(3)32(43)44;1-6-25(43-26-12-11-18(3)13-22(26)32(4,5)7-2)31(42)36-21-10-8-9-19(14-21)30(41)37-27-17-28(40)39(38-27)29-23(34)15-20(33)16-24(29)35/h10-12,14-20,22H,4-9,13H2,1-3H3,(H,34,41)(H,35,42)(H,43,44);8-16,25H,6-7,17H2,1-5H3,(H,36,42)(H,37,38,41). The fourth-order valence-electron chi connectivity index (χ4n) is 9.21. The molecule has 5 N–H and O–H groups in total. The van der Waals surface area contributed by atoms with E-state index in [0.717, 1.165) is 53.6 Å². The number of benzene rings is 6. The maximum Gasteiger partial charge on any atom is 0.344 e. The topological polar surface area (TPSA) is 292 Å². The molecule has 8 rings (SSSR count). The van der Waals surface area contributed by atoms with Gasteiger partial charge >= 0.3 is 5.97 Å². The van der Waals surface area contributed by atoms with Gasteiger partial charge in [-0.25, -0.2) is 4.79 Å². The molecule has 2 heterocycles. The summed E-state index contributed by atoms with van der Waals surface area (Å²) in [5.74, 6) is -2.11. The molecule has 0 radical (unpaired) electrons. The first-order chi connectivity index (χ1) is 43.4. The predicted octanol–water partition coefficient (Wildman–Crippen LogP) is 14.7. The Balaban J connectivity index is 0.000000260. The molecule has 22 nitrogen and oxygen atoms in total. The molecule has 0 fully saturated rings. The molecular formula is C65H70Cl3N11O11S. The summed E-state index contributed by atoms with van der Waals surface area (Å²) < 4.78 is 13.0. The molecule has 2 unspecified atom stereocenters. The van der Waals surface area contributed by atoms with Gasteiger partial charge in [-0.1, -0.05) is 131 Å². The van der Waals surface area contributed by atoms with Crippen LogP contribution in [0.25, 0.3) is 5.69 Å². The number of aryl methyl sites for hydroxylation is 2. The van der Waals surface area contributed by atoms with E-state index >= 15 is 0 Å². The van der Waals surface area contributed by atoms with Crippen LogP contribution in [0.5, 0.6) is 11.5 Å². The van der Waals surface area contributed by atoms with Gasteiger partial charge in [-0.05, 0) is 158 Å². The summed E-state index contributed by atoms with van der Waals surface area (Å²) in [4.78, 5) is 87.6. The number of hydrazone groups is 1. The number of nitro benzene ring substituents is 1. The fraction of sp³-hybridized carbons (Fsp3) is 0.323. The second-order valence-corrected chi connectivity index (χ2v) is 24.2. The minimum absolute atomic E-state index is 0.0710. The average molecular weight is 1320 g/mol. The third kappa shape index (κ3) is 19.1. The van der Waals surface area contributed by atoms with Crippen LogP contribution in [0, 0.1) is 24.0 Å². The van der Waals surface area contributed by atoms with Crippen LogP contribution in [0.4, 0.5) is 28.4 Å². The number of carboxylic acid groups (broad SMARTS) is 1. The monoisotopic (exact) mass is 1320 g/mol. The van der Waals surface area contributed by atoms with Crippen LogP contribution in [-0.4, -0.2) is 83.8 Å². The second-order valence-electron chi connectivity index (χ2n) is 22.0. The van der Waals surface area contributed by atoms with Crippen molar-refractivity contribution in [1.29, 1.82) is 0 Å². The molecule has 0 spiro atoms. The number of aromatic nitrogens is 4. The number of nitrogens with zero attached hydrogens (tertiary/aromatic N) is 7. The van der Waals surface area contributed by atoms with Crippen LogP contribution >= 0.6 is 46.6 Å². The number of amidine groups is 1. The molecule has 91 heavy (non-hydrogen) atoms. The van der Waals surface area contributed by atoms with Crippen molar-refractivity contribution < 1.29 is 48.3 Å². The van der Waals surface area contributed by atoms with E-state index in [-0.39, 0.29) is 67.8 Å². The van der Waals surface area contributed by atoms with E-state index < -0.39 is 40.8 Å². The van der Waals surface area contributed by atoms with Gasteiger partial charge in [0.25, 0.3) is 29.3 Å². The zero-order chi connectivity index (χ0) is 66.1. The number of halogens is 3. The number of carbonyl (C=O) groups is 6. The van der Waals surface area contributed by atoms with Gasteiger partial charge in [0.05, 0.1) is 27.1 Å². The quantitative estimate of drug-likeness (QED) is 0.0191. The average Bonchev–Trinajstić information content (AvgIpc) is 1.86. The van der Waals surface area contributed by atoms with E-state index in [1.165, 1.54) is 79.4 Å². The first-order valence-corrected chi connectivity index (χ1v) is 31.3. The Morgan fingerprint density at radius 2 is 1.46 bits per heavy atom. The smallest absolute Gasteiger partial charge is 0.344 e. The fourth-order valence-corrected chi connectivity index (χ4v) is 11.1. The van der Waals surface area contributed by atoms with Crippen LogP contribution in [0.2, 0.25) is 15.1 Å². The van der Waals surface area contributed by atoms with E-state index in [9.17, 15) is 38.9 Å². The summed E-state index contributed by atoms with van der Waals surface area (Å²) in [6.07, 6.45) is 6.34. The molecule has 5 amide bonds. The van der Waals surface area contributed by atoms with Crippen LogP contribution in [0.15, 0.2) is 130 Å². The van der Waals surface area contributed by atoms with E-state index in [2.05, 4.69) is 75.7 Å². The number of ether oxygens (including phenoxy) is 2. The van der Waals surface area contributed by atoms with Crippen molar-refractivity contribution in [3.05, 3.63) is 168 Å². The molecule has 0 saturated carbocycles. The summed E-state index contributed by atoms with van der Waals surface area (Å²) in [7, 11) is 0. The van der Waals surface area contributed by atoms with Gasteiger partial charge in [-0.3, -0.25) is 34.1 Å². The van der Waals surface area contributed by atoms with Gasteiger partial charge in [0.2, 0.25) is 11.1 Å². The number of carbonyl (C=O) groups excluding carboxylic acids is 5. The summed E-state index contributed by atoms with van der Waals surface area (Å²) in [6, 6.07) is 31.1. The summed E-state index contributed by atoms with van der Waals surface area (Å²) in [5.41, 5.74) is 4.37. The van der Waals surface area contributed by atoms with Gasteiger partial charge in [0.1, 0.15) is 28.6 Å². The van der Waals surface area contributed by atoms with Gasteiger partial charge in [0, 0.05) is 50.6 Å². The minimum atomic E-state index is -1.13. The first kappa shape index (κ1) is 69.6. The van der Waals surface area contributed by atoms with Crippen molar-refractivity contribution in [2.75, 3.05) is 21.0 Å². The molecule has 1 aromatic heterocycles. The lowest BCUT2D eigenvalue weighted by Crippen LogP contribution is -2.33. The lowest BCUT2D eigenvalue weighted by atomic mass is 9.81. The number of unbranched alkanes of at least 4 members (excludes halogenated alkanes) is 5. The third-order valence-corrected chi connectivity index (χ3v) is 16.5. The maximum absolute atomic E-state index is 13.3. The van der Waals surface area contributed by atoms with Crippen LogP contribution < -0.4 is 35.7 Å². The van der Waals surface area contributed by atoms with Gasteiger partial charge in [0.15, 0.2) is 12.2 Å². The number of nitro groups is 1. The van der Waals surface area contributed by atoms with Crippen molar-refractivity contribution in [2.24, 2.45) is 5.10 Å². The lowest BCUT2D eigenvalue weighted by Gasteiger charge is -2.28. The van der Waals surface area contributed by atoms with Crippen molar-refractivity contribution in [2.45, 2.75) is 147 Å². The first-order valence-electron chi connectivity index (χ1n) is 29.4. The van der Waals surface area contributed by atoms with Crippen molar-refractivity contribution in [3.63, 3.8) is 0 Å². The highest BCUT2D eigenvalue weighted by Gasteiger charge is 2.31. The van der Waals surface area contributed by atoms with Crippen LogP contribution in [0.1, 0.15) is 143 Å². The molecule has 26 heteroatoms. The van der Waals surface area contributed by atoms with Crippen molar-refractivity contribution in [1.82, 2.24) is 25.5 Å². The van der Waals surface area contributed by atoms with Gasteiger partial charge in [-0.15, -0.1) is 5.10 Å². The minimum Gasteiger partial charge on any atom is -0.480 e. The Kier molecular flexibility index (Phi) is 24.6. The van der Waals surface area contributed by atoms with E-state index in [1.54, 1.807) is 55.5 Å². The SMILES string of the molecule is CCC(Oc1ccc(C)cc1C(C)(C)CC)C(=O)Nc1cccc(C(=O)NC2=NN(c3c(Cl)cc(Cl)cc3Cl)C(=O)C2)c1.CCCCCCCCC(=O)Nc1cccc(-n2nnnc2Sc2cc(C(=O)Nc3ccc(OC(C)C(=O)O)cc3)c([N+](=O)[O-])cc2C)c1. The number of nitrogens with one attached hydrogen (secondary N) is 4. The highest BCUT2D eigenvalue weighted by Crippen LogP contribution is 2.40. The summed E-state index contributed by atoms with van der Waals surface area (Å²) in [6.45, 7) is 15.6. The number of amides is 5. The number of anilines is 4. The Morgan fingerprint density at radius 3 is 2.13 bits per heavy atom. The number of carboxylic acids is 1. The third-order valence-electron chi connectivity index (χ3n) is 14.6. The molecule has 1 aliphatic rings. The number of rotatable bonds is 26. The molecule has 478 valence electrons. The van der Waals surface area contributed by atoms with E-state index in [4.69, 9.17) is 49.4 Å². The number of aliphatic carboxylic acids is 1. The molecule has 2 atom stereocenters. The highest BCUT2D eigenvalue weighted by atomic mass is 35.5. The zero-order valence-electron chi connectivity index (χ0n) is 51.4. The molecule has 7 aromatic rings. The molecule has 1 aliphatic heterocycles. The predicted molar refractivity (Wildman–Crippen MR) is 353 cm³/mol. The summed E-state index contributed by atoms with van der Waals surface area (Å²) in [5, 5.41) is 50.2. The van der Waals surface area contributed by atoms with E-state index in [0.29, 0.717) is 62.0 Å². The second kappa shape index (κ2) is 32.2. The number of hydrogen-bond acceptors (Lipinski definition) is 15. The Morgan fingerprint density at radius 1 is 0.780 bits per heavy atom. The number of hydrogen-bond donors (Lipinski definition) is 5. The molecular weight excluding hydrogens is 1250 g/mol. The molecule has 0 saturated heterocycles. The largest absolute Gasteiger partial charge is 0.480 e. The highest BCUT2D eigenvalue weighted by molar-refractivity contribution is 7.99. The zero-order valence-corrected chi connectivity index (χ0v) is 54.5.